The van der Waals surface area contributed by atoms with Crippen molar-refractivity contribution in [2.24, 2.45) is 0 Å². The standard InChI is InChI=1S/C22H25N5O2S/c1-3-16-10-8-9-13-18(16)24-21(29)15-30-22-26-25-19(27(22)4-2)14-20(28)23-17-11-6-5-7-12-17/h5-13H,3-4,14-15H2,1-2H3,(H,23,28)(H,24,29). The molecule has 0 bridgehead atoms. The molecular formula is C22H25N5O2S. The molecule has 2 N–H and O–H groups in total. The lowest BCUT2D eigenvalue weighted by molar-refractivity contribution is -0.116. The zero-order chi connectivity index (χ0) is 21.3. The van der Waals surface area contributed by atoms with Crippen LogP contribution in [0.15, 0.2) is 59.8 Å². The van der Waals surface area contributed by atoms with Crippen molar-refractivity contribution in [3.63, 3.8) is 0 Å². The second-order valence-corrected chi connectivity index (χ2v) is 7.52. The Hall–Kier alpha value is -3.13. The molecule has 0 spiro atoms. The van der Waals surface area contributed by atoms with Crippen LogP contribution in [-0.4, -0.2) is 32.3 Å². The fourth-order valence-corrected chi connectivity index (χ4v) is 3.83. The third-order valence-electron chi connectivity index (χ3n) is 4.49. The van der Waals surface area contributed by atoms with Gasteiger partial charge in [-0.05, 0) is 37.1 Å². The molecule has 0 radical (unpaired) electrons. The third-order valence-corrected chi connectivity index (χ3v) is 5.46. The molecule has 0 aliphatic carbocycles. The van der Waals surface area contributed by atoms with E-state index < -0.39 is 0 Å². The highest BCUT2D eigenvalue weighted by Gasteiger charge is 2.16. The van der Waals surface area contributed by atoms with E-state index in [1.807, 2.05) is 66.1 Å². The Labute approximate surface area is 180 Å². The number of rotatable bonds is 9. The first-order valence-corrected chi connectivity index (χ1v) is 10.9. The highest BCUT2D eigenvalue weighted by Crippen LogP contribution is 2.20. The number of aromatic nitrogens is 3. The summed E-state index contributed by atoms with van der Waals surface area (Å²) in [6.45, 7) is 4.63. The maximum atomic E-state index is 12.4. The summed E-state index contributed by atoms with van der Waals surface area (Å²) in [4.78, 5) is 24.7. The van der Waals surface area contributed by atoms with E-state index in [0.29, 0.717) is 17.5 Å². The molecular weight excluding hydrogens is 398 g/mol. The van der Waals surface area contributed by atoms with Crippen LogP contribution in [0.5, 0.6) is 0 Å². The van der Waals surface area contributed by atoms with Gasteiger partial charge in [0.2, 0.25) is 11.8 Å². The van der Waals surface area contributed by atoms with E-state index in [-0.39, 0.29) is 24.0 Å². The Bertz CT molecular complexity index is 1000. The number of thioether (sulfide) groups is 1. The molecule has 0 fully saturated rings. The van der Waals surface area contributed by atoms with Gasteiger partial charge in [-0.3, -0.25) is 9.59 Å². The number of para-hydroxylation sites is 2. The normalized spacial score (nSPS) is 10.6. The van der Waals surface area contributed by atoms with Crippen molar-refractivity contribution in [3.05, 3.63) is 66.0 Å². The number of anilines is 2. The van der Waals surface area contributed by atoms with Gasteiger partial charge in [0.05, 0.1) is 12.2 Å². The summed E-state index contributed by atoms with van der Waals surface area (Å²) in [6, 6.07) is 17.1. The third kappa shape index (κ3) is 5.70. The monoisotopic (exact) mass is 423 g/mol. The molecule has 30 heavy (non-hydrogen) atoms. The molecule has 1 aromatic heterocycles. The maximum Gasteiger partial charge on any atom is 0.234 e. The first-order valence-electron chi connectivity index (χ1n) is 9.88. The molecule has 3 rings (SSSR count). The van der Waals surface area contributed by atoms with E-state index >= 15 is 0 Å². The minimum Gasteiger partial charge on any atom is -0.326 e. The average molecular weight is 424 g/mol. The van der Waals surface area contributed by atoms with Crippen molar-refractivity contribution in [1.29, 1.82) is 0 Å². The number of hydrogen-bond donors (Lipinski definition) is 2. The Kier molecular flexibility index (Phi) is 7.62. The molecule has 0 aliphatic heterocycles. The summed E-state index contributed by atoms with van der Waals surface area (Å²) < 4.78 is 1.86. The van der Waals surface area contributed by atoms with E-state index in [2.05, 4.69) is 27.8 Å². The number of aryl methyl sites for hydroxylation is 1. The highest BCUT2D eigenvalue weighted by atomic mass is 32.2. The van der Waals surface area contributed by atoms with Crippen LogP contribution in [0.25, 0.3) is 0 Å². The van der Waals surface area contributed by atoms with Crippen LogP contribution in [-0.2, 0) is 29.0 Å². The fraction of sp³-hybridized carbons (Fsp3) is 0.273. The zero-order valence-corrected chi connectivity index (χ0v) is 17.9. The molecule has 0 aliphatic rings. The molecule has 3 aromatic rings. The summed E-state index contributed by atoms with van der Waals surface area (Å²) in [5, 5.41) is 14.8. The van der Waals surface area contributed by atoms with Crippen LogP contribution in [0.1, 0.15) is 25.2 Å². The number of nitrogens with one attached hydrogen (secondary N) is 2. The van der Waals surface area contributed by atoms with Gasteiger partial charge in [-0.25, -0.2) is 0 Å². The van der Waals surface area contributed by atoms with Gasteiger partial charge in [0.1, 0.15) is 5.82 Å². The summed E-state index contributed by atoms with van der Waals surface area (Å²) in [6.07, 6.45) is 0.967. The fourth-order valence-electron chi connectivity index (χ4n) is 3.01. The van der Waals surface area contributed by atoms with Crippen LogP contribution in [0.2, 0.25) is 0 Å². The SMILES string of the molecule is CCc1ccccc1NC(=O)CSc1nnc(CC(=O)Nc2ccccc2)n1CC. The van der Waals surface area contributed by atoms with Crippen molar-refractivity contribution >= 4 is 35.0 Å². The second kappa shape index (κ2) is 10.6. The predicted molar refractivity (Wildman–Crippen MR) is 120 cm³/mol. The lowest BCUT2D eigenvalue weighted by Crippen LogP contribution is -2.18. The topological polar surface area (TPSA) is 88.9 Å². The van der Waals surface area contributed by atoms with E-state index in [4.69, 9.17) is 0 Å². The van der Waals surface area contributed by atoms with Gasteiger partial charge in [-0.15, -0.1) is 10.2 Å². The number of nitrogens with zero attached hydrogens (tertiary/aromatic N) is 3. The number of hydrogen-bond acceptors (Lipinski definition) is 5. The van der Waals surface area contributed by atoms with Crippen molar-refractivity contribution in [1.82, 2.24) is 14.8 Å². The summed E-state index contributed by atoms with van der Waals surface area (Å²) >= 11 is 1.31. The lowest BCUT2D eigenvalue weighted by Gasteiger charge is -2.10. The van der Waals surface area contributed by atoms with Gasteiger partial charge in [-0.1, -0.05) is 55.1 Å². The number of benzene rings is 2. The van der Waals surface area contributed by atoms with Gasteiger partial charge in [0.25, 0.3) is 0 Å². The van der Waals surface area contributed by atoms with Gasteiger partial charge in [0, 0.05) is 17.9 Å². The minimum atomic E-state index is -0.159. The van der Waals surface area contributed by atoms with Crippen molar-refractivity contribution in [2.45, 2.75) is 38.4 Å². The number of carbonyl (C=O) groups excluding carboxylic acids is 2. The van der Waals surface area contributed by atoms with Crippen LogP contribution >= 0.6 is 11.8 Å². The van der Waals surface area contributed by atoms with Crippen LogP contribution in [0.4, 0.5) is 11.4 Å². The molecule has 0 saturated carbocycles. The van der Waals surface area contributed by atoms with Crippen molar-refractivity contribution in [3.8, 4) is 0 Å². The molecule has 0 unspecified atom stereocenters. The molecule has 2 amide bonds. The molecule has 7 nitrogen and oxygen atoms in total. The first kappa shape index (κ1) is 21.6. The number of carbonyl (C=O) groups is 2. The predicted octanol–water partition coefficient (Wildman–Crippen LogP) is 3.77. The number of amides is 2. The Morgan fingerprint density at radius 3 is 2.40 bits per heavy atom. The van der Waals surface area contributed by atoms with Gasteiger partial charge in [-0.2, -0.15) is 0 Å². The molecule has 156 valence electrons. The van der Waals surface area contributed by atoms with Gasteiger partial charge >= 0.3 is 0 Å². The lowest BCUT2D eigenvalue weighted by atomic mass is 10.1. The second-order valence-electron chi connectivity index (χ2n) is 6.58. The molecule has 0 atom stereocenters. The van der Waals surface area contributed by atoms with Crippen molar-refractivity contribution < 1.29 is 9.59 Å². The summed E-state index contributed by atoms with van der Waals surface area (Å²) in [5.41, 5.74) is 2.67. The van der Waals surface area contributed by atoms with Crippen LogP contribution in [0.3, 0.4) is 0 Å². The average Bonchev–Trinajstić information content (AvgIpc) is 3.14. The van der Waals surface area contributed by atoms with E-state index in [9.17, 15) is 9.59 Å². The van der Waals surface area contributed by atoms with E-state index in [0.717, 1.165) is 23.4 Å². The minimum absolute atomic E-state index is 0.102. The van der Waals surface area contributed by atoms with E-state index in [1.54, 1.807) is 0 Å². The van der Waals surface area contributed by atoms with Gasteiger partial charge in [0.15, 0.2) is 5.16 Å². The first-order chi connectivity index (χ1) is 14.6. The maximum absolute atomic E-state index is 12.4. The molecule has 1 heterocycles. The Morgan fingerprint density at radius 2 is 1.67 bits per heavy atom. The smallest absolute Gasteiger partial charge is 0.234 e. The van der Waals surface area contributed by atoms with Crippen LogP contribution in [0, 0.1) is 0 Å². The molecule has 2 aromatic carbocycles. The largest absolute Gasteiger partial charge is 0.326 e. The quantitative estimate of drug-likeness (QED) is 0.512. The summed E-state index contributed by atoms with van der Waals surface area (Å²) in [7, 11) is 0. The molecule has 8 heteroatoms. The summed E-state index contributed by atoms with van der Waals surface area (Å²) in [5.74, 6) is 0.528. The van der Waals surface area contributed by atoms with Crippen molar-refractivity contribution in [2.75, 3.05) is 16.4 Å². The Balaban J connectivity index is 1.58. The molecule has 0 saturated heterocycles. The Morgan fingerprint density at radius 1 is 0.933 bits per heavy atom. The van der Waals surface area contributed by atoms with Gasteiger partial charge < -0.3 is 15.2 Å². The zero-order valence-electron chi connectivity index (χ0n) is 17.1. The van der Waals surface area contributed by atoms with Crippen LogP contribution < -0.4 is 10.6 Å². The highest BCUT2D eigenvalue weighted by molar-refractivity contribution is 7.99. The van der Waals surface area contributed by atoms with E-state index in [1.165, 1.54) is 11.8 Å².